The maximum atomic E-state index is 6.45. The monoisotopic (exact) mass is 614 g/mol. The molecule has 3 nitrogen and oxygen atoms in total. The molecule has 10 rings (SSSR count). The fourth-order valence-corrected chi connectivity index (χ4v) is 7.90. The molecule has 0 saturated carbocycles. The van der Waals surface area contributed by atoms with Gasteiger partial charge in [-0.3, -0.25) is 0 Å². The summed E-state index contributed by atoms with van der Waals surface area (Å²) in [6.07, 6.45) is 0. The van der Waals surface area contributed by atoms with E-state index in [0.29, 0.717) is 0 Å². The summed E-state index contributed by atoms with van der Waals surface area (Å²) < 4.78 is 8.97. The smallest absolute Gasteiger partial charge is 0.198 e. The zero-order valence-electron chi connectivity index (χ0n) is 26.8. The summed E-state index contributed by atoms with van der Waals surface area (Å²) >= 11 is 0. The predicted octanol–water partition coefficient (Wildman–Crippen LogP) is 10.1. The van der Waals surface area contributed by atoms with E-state index >= 15 is 0 Å². The summed E-state index contributed by atoms with van der Waals surface area (Å²) in [7, 11) is 0.850. The molecule has 4 heteroatoms. The third-order valence-corrected chi connectivity index (χ3v) is 10.1. The van der Waals surface area contributed by atoms with Crippen LogP contribution in [0.4, 0.5) is 11.4 Å². The first-order valence-electron chi connectivity index (χ1n) is 16.6. The Balaban J connectivity index is 1.37. The number of nitrogens with zero attached hydrogens (tertiary/aromatic N) is 1. The van der Waals surface area contributed by atoms with Crippen LogP contribution in [0.3, 0.4) is 0 Å². The van der Waals surface area contributed by atoms with Gasteiger partial charge in [0.05, 0.1) is 11.2 Å². The Morgan fingerprint density at radius 2 is 1.33 bits per heavy atom. The minimum Gasteiger partial charge on any atom is -0.456 e. The van der Waals surface area contributed by atoms with Crippen molar-refractivity contribution in [3.8, 4) is 27.9 Å². The highest BCUT2D eigenvalue weighted by molar-refractivity contribution is 6.73. The summed E-state index contributed by atoms with van der Waals surface area (Å²) in [5.74, 6) is 0. The third-order valence-electron chi connectivity index (χ3n) is 10.1. The normalized spacial score (nSPS) is 12.1. The Kier molecular flexibility index (Phi) is 5.80. The molecular formula is C44H31BN2O. The molecule has 48 heavy (non-hydrogen) atoms. The molecule has 226 valence electrons. The van der Waals surface area contributed by atoms with Crippen LogP contribution in [0.15, 0.2) is 144 Å². The van der Waals surface area contributed by atoms with Gasteiger partial charge < -0.3 is 14.3 Å². The predicted molar refractivity (Wildman–Crippen MR) is 205 cm³/mol. The van der Waals surface area contributed by atoms with Gasteiger partial charge in [0.25, 0.3) is 0 Å². The first kappa shape index (κ1) is 27.1. The van der Waals surface area contributed by atoms with Crippen molar-refractivity contribution in [1.82, 2.24) is 4.57 Å². The molecule has 3 heterocycles. The van der Waals surface area contributed by atoms with Crippen molar-refractivity contribution >= 4 is 73.3 Å². The van der Waals surface area contributed by atoms with E-state index in [-0.39, 0.29) is 0 Å². The van der Waals surface area contributed by atoms with E-state index in [1.807, 2.05) is 6.07 Å². The summed E-state index contributed by atoms with van der Waals surface area (Å²) in [4.78, 5) is 0. The summed E-state index contributed by atoms with van der Waals surface area (Å²) in [6.45, 7) is 4.32. The van der Waals surface area contributed by atoms with E-state index in [1.165, 1.54) is 66.2 Å². The molecular weight excluding hydrogens is 583 g/mol. The zero-order chi connectivity index (χ0) is 31.9. The summed E-state index contributed by atoms with van der Waals surface area (Å²) in [6, 6.07) is 50.7. The molecule has 0 aliphatic carbocycles. The van der Waals surface area contributed by atoms with Gasteiger partial charge in [0.1, 0.15) is 11.2 Å². The maximum Gasteiger partial charge on any atom is 0.198 e. The van der Waals surface area contributed by atoms with Crippen molar-refractivity contribution in [3.05, 3.63) is 151 Å². The molecule has 1 aliphatic heterocycles. The highest BCUT2D eigenvalue weighted by Gasteiger charge is 2.29. The second kappa shape index (κ2) is 10.3. The van der Waals surface area contributed by atoms with Crippen LogP contribution in [0.25, 0.3) is 71.7 Å². The van der Waals surface area contributed by atoms with Gasteiger partial charge in [-0.25, -0.2) is 0 Å². The van der Waals surface area contributed by atoms with Crippen LogP contribution >= 0.6 is 0 Å². The number of para-hydroxylation sites is 2. The topological polar surface area (TPSA) is 30.1 Å². The Morgan fingerprint density at radius 3 is 2.19 bits per heavy atom. The molecule has 0 unspecified atom stereocenters. The molecule has 9 aromatic rings. The number of benzene rings is 7. The molecule has 0 amide bonds. The van der Waals surface area contributed by atoms with Gasteiger partial charge in [0.2, 0.25) is 0 Å². The maximum absolute atomic E-state index is 6.45. The second-order valence-corrected chi connectivity index (χ2v) is 13.2. The molecule has 2 aromatic heterocycles. The van der Waals surface area contributed by atoms with Crippen LogP contribution in [0.5, 0.6) is 0 Å². The minimum absolute atomic E-state index is 0.850. The lowest BCUT2D eigenvalue weighted by Crippen LogP contribution is -2.37. The van der Waals surface area contributed by atoms with E-state index in [9.17, 15) is 0 Å². The standard InChI is InChI=1S/C44H31BN2O/c1-26-16-19-29(20-17-26)46-37-25-41-34(30-12-7-9-15-40(30)48-41)24-33(37)35-23-32(28-10-4-3-5-11-28)42-31-13-6-8-14-38(31)47-39-21-18-27(2)22-36(39)45-43(35)44(42)47/h3-25,45-46H,1-2H3. The number of hydrogen-bond acceptors (Lipinski definition) is 2. The van der Waals surface area contributed by atoms with E-state index in [2.05, 4.69) is 157 Å². The molecule has 0 bridgehead atoms. The first-order chi connectivity index (χ1) is 23.6. The molecule has 0 radical (unpaired) electrons. The summed E-state index contributed by atoms with van der Waals surface area (Å²) in [5, 5.41) is 8.65. The van der Waals surface area contributed by atoms with E-state index in [4.69, 9.17) is 4.42 Å². The number of hydrogen-bond donors (Lipinski definition) is 1. The average molecular weight is 615 g/mol. The third kappa shape index (κ3) is 4.02. The lowest BCUT2D eigenvalue weighted by molar-refractivity contribution is 0.669. The van der Waals surface area contributed by atoms with Crippen LogP contribution in [0.2, 0.25) is 0 Å². The average Bonchev–Trinajstić information content (AvgIpc) is 3.66. The molecule has 7 aromatic carbocycles. The first-order valence-corrected chi connectivity index (χ1v) is 16.6. The van der Waals surface area contributed by atoms with E-state index in [0.717, 1.165) is 46.2 Å². The van der Waals surface area contributed by atoms with Crippen LogP contribution in [-0.2, 0) is 0 Å². The Morgan fingerprint density at radius 1 is 0.583 bits per heavy atom. The number of fused-ring (bicyclic) bond motifs is 8. The van der Waals surface area contributed by atoms with Gasteiger partial charge in [0.15, 0.2) is 7.28 Å². The molecule has 0 spiro atoms. The van der Waals surface area contributed by atoms with Gasteiger partial charge in [-0.15, -0.1) is 0 Å². The van der Waals surface area contributed by atoms with Crippen molar-refractivity contribution in [2.24, 2.45) is 0 Å². The number of aromatic nitrogens is 1. The van der Waals surface area contributed by atoms with Crippen molar-refractivity contribution in [1.29, 1.82) is 0 Å². The summed E-state index contributed by atoms with van der Waals surface area (Å²) in [5.41, 5.74) is 17.7. The Hall–Kier alpha value is -6.00. The van der Waals surface area contributed by atoms with Gasteiger partial charge in [-0.2, -0.15) is 0 Å². The fraction of sp³-hybridized carbons (Fsp3) is 0.0455. The second-order valence-electron chi connectivity index (χ2n) is 13.2. The van der Waals surface area contributed by atoms with Gasteiger partial charge >= 0.3 is 0 Å². The van der Waals surface area contributed by atoms with Gasteiger partial charge in [-0.1, -0.05) is 108 Å². The SMILES string of the molecule is Cc1ccc(Nc2cc3oc4ccccc4c3cc2-c2cc(-c3ccccc3)c3c4ccccc4n4c3c2Bc2cc(C)ccc2-4)cc1. The lowest BCUT2D eigenvalue weighted by Gasteiger charge is -2.25. The number of rotatable bonds is 4. The van der Waals surface area contributed by atoms with Crippen LogP contribution < -0.4 is 16.2 Å². The van der Waals surface area contributed by atoms with Crippen LogP contribution in [0.1, 0.15) is 11.1 Å². The van der Waals surface area contributed by atoms with Crippen LogP contribution in [0, 0.1) is 13.8 Å². The van der Waals surface area contributed by atoms with E-state index in [1.54, 1.807) is 0 Å². The Bertz CT molecular complexity index is 2740. The number of furan rings is 1. The molecule has 0 fully saturated rings. The van der Waals surface area contributed by atoms with Crippen molar-refractivity contribution in [2.45, 2.75) is 13.8 Å². The zero-order valence-corrected chi connectivity index (χ0v) is 26.8. The molecule has 1 N–H and O–H groups in total. The van der Waals surface area contributed by atoms with E-state index < -0.39 is 0 Å². The molecule has 0 atom stereocenters. The largest absolute Gasteiger partial charge is 0.456 e. The van der Waals surface area contributed by atoms with Crippen molar-refractivity contribution in [2.75, 3.05) is 5.32 Å². The Labute approximate surface area is 279 Å². The van der Waals surface area contributed by atoms with Crippen LogP contribution in [-0.4, -0.2) is 11.8 Å². The number of anilines is 2. The quantitative estimate of drug-likeness (QED) is 0.200. The van der Waals surface area contributed by atoms with Gasteiger partial charge in [0, 0.05) is 50.1 Å². The molecule has 0 saturated heterocycles. The highest BCUT2D eigenvalue weighted by atomic mass is 16.3. The fourth-order valence-electron chi connectivity index (χ4n) is 7.90. The number of nitrogens with one attached hydrogen (secondary N) is 1. The lowest BCUT2D eigenvalue weighted by atomic mass is 9.58. The van der Waals surface area contributed by atoms with Gasteiger partial charge in [-0.05, 0) is 78.5 Å². The number of aryl methyl sites for hydroxylation is 2. The highest BCUT2D eigenvalue weighted by Crippen LogP contribution is 2.44. The molecule has 1 aliphatic rings. The van der Waals surface area contributed by atoms with Crippen molar-refractivity contribution < 1.29 is 4.42 Å². The van der Waals surface area contributed by atoms with Crippen molar-refractivity contribution in [3.63, 3.8) is 0 Å². The minimum atomic E-state index is 0.850.